The lowest BCUT2D eigenvalue weighted by Crippen LogP contribution is -2.12. The lowest BCUT2D eigenvalue weighted by atomic mass is 9.80. The van der Waals surface area contributed by atoms with Gasteiger partial charge in [0, 0.05) is 0 Å². The Labute approximate surface area is 91.5 Å². The van der Waals surface area contributed by atoms with Gasteiger partial charge in [0.15, 0.2) is 0 Å². The average Bonchev–Trinajstić information content (AvgIpc) is 2.66. The van der Waals surface area contributed by atoms with Crippen LogP contribution in [0.25, 0.3) is 0 Å². The molecule has 1 saturated carbocycles. The van der Waals surface area contributed by atoms with Crippen molar-refractivity contribution in [3.05, 3.63) is 29.3 Å². The molecule has 0 aromatic heterocycles. The Hall–Kier alpha value is -0.980. The van der Waals surface area contributed by atoms with E-state index in [2.05, 4.69) is 18.2 Å². The number of ether oxygens (including phenoxy) is 1. The maximum absolute atomic E-state index is 5.29. The summed E-state index contributed by atoms with van der Waals surface area (Å²) in [5.41, 5.74) is 3.16. The van der Waals surface area contributed by atoms with Crippen LogP contribution in [-0.2, 0) is 6.42 Å². The Balaban J connectivity index is 1.96. The Morgan fingerprint density at radius 2 is 2.07 bits per heavy atom. The molecule has 0 amide bonds. The maximum Gasteiger partial charge on any atom is 0.119 e. The number of hydrogen-bond donors (Lipinski definition) is 0. The smallest absolute Gasteiger partial charge is 0.119 e. The molecule has 15 heavy (non-hydrogen) atoms. The van der Waals surface area contributed by atoms with Crippen LogP contribution in [0.4, 0.5) is 0 Å². The third-order valence-corrected chi connectivity index (χ3v) is 4.14. The number of methoxy groups -OCH3 is 1. The quantitative estimate of drug-likeness (QED) is 0.677. The summed E-state index contributed by atoms with van der Waals surface area (Å²) >= 11 is 0. The maximum atomic E-state index is 5.29. The molecule has 0 bridgehead atoms. The first kappa shape index (κ1) is 9.26. The SMILES string of the molecule is COc1ccc2c(c1)C[C@@H]1CCCC[C@@H]21. The molecule has 1 fully saturated rings. The molecule has 2 aliphatic rings. The highest BCUT2D eigenvalue weighted by molar-refractivity contribution is 5.42. The Morgan fingerprint density at radius 3 is 2.93 bits per heavy atom. The van der Waals surface area contributed by atoms with Crippen molar-refractivity contribution in [3.63, 3.8) is 0 Å². The standard InChI is InChI=1S/C14H18O/c1-15-12-6-7-14-11(9-12)8-10-4-2-3-5-13(10)14/h6-7,9-10,13H,2-5,8H2,1H3/t10-,13+/m0/s1. The zero-order valence-corrected chi connectivity index (χ0v) is 9.33. The summed E-state index contributed by atoms with van der Waals surface area (Å²) in [5.74, 6) is 2.81. The summed E-state index contributed by atoms with van der Waals surface area (Å²) in [7, 11) is 1.75. The molecule has 3 rings (SSSR count). The largest absolute Gasteiger partial charge is 0.497 e. The van der Waals surface area contributed by atoms with Crippen LogP contribution in [0.5, 0.6) is 5.75 Å². The van der Waals surface area contributed by atoms with Gasteiger partial charge in [-0.05, 0) is 54.4 Å². The Kier molecular flexibility index (Phi) is 2.19. The van der Waals surface area contributed by atoms with Gasteiger partial charge in [-0.1, -0.05) is 18.9 Å². The highest BCUT2D eigenvalue weighted by Crippen LogP contribution is 2.47. The second-order valence-corrected chi connectivity index (χ2v) is 4.92. The van der Waals surface area contributed by atoms with Gasteiger partial charge in [0.05, 0.1) is 7.11 Å². The molecule has 2 atom stereocenters. The van der Waals surface area contributed by atoms with E-state index >= 15 is 0 Å². The van der Waals surface area contributed by atoms with Crippen molar-refractivity contribution in [2.75, 3.05) is 7.11 Å². The molecule has 1 aromatic carbocycles. The van der Waals surface area contributed by atoms with Gasteiger partial charge in [-0.25, -0.2) is 0 Å². The Bertz CT molecular complexity index is 370. The summed E-state index contributed by atoms with van der Waals surface area (Å²) in [4.78, 5) is 0. The molecule has 0 N–H and O–H groups in total. The third-order valence-electron chi connectivity index (χ3n) is 4.14. The van der Waals surface area contributed by atoms with Gasteiger partial charge >= 0.3 is 0 Å². The van der Waals surface area contributed by atoms with Crippen molar-refractivity contribution in [1.29, 1.82) is 0 Å². The van der Waals surface area contributed by atoms with Crippen molar-refractivity contribution in [1.82, 2.24) is 0 Å². The summed E-state index contributed by atoms with van der Waals surface area (Å²) < 4.78 is 5.29. The normalized spacial score (nSPS) is 28.3. The van der Waals surface area contributed by atoms with Gasteiger partial charge in [0.25, 0.3) is 0 Å². The van der Waals surface area contributed by atoms with Crippen LogP contribution < -0.4 is 4.74 Å². The number of fused-ring (bicyclic) bond motifs is 3. The summed E-state index contributed by atoms with van der Waals surface area (Å²) in [5, 5.41) is 0. The molecular formula is C14H18O. The van der Waals surface area contributed by atoms with Crippen LogP contribution in [0.15, 0.2) is 18.2 Å². The minimum atomic E-state index is 0.861. The lowest BCUT2D eigenvalue weighted by Gasteiger charge is -2.25. The molecule has 1 aromatic rings. The molecule has 0 heterocycles. The Morgan fingerprint density at radius 1 is 1.20 bits per heavy atom. The van der Waals surface area contributed by atoms with Crippen LogP contribution in [0.2, 0.25) is 0 Å². The van der Waals surface area contributed by atoms with Gasteiger partial charge in [0.1, 0.15) is 5.75 Å². The van der Waals surface area contributed by atoms with Gasteiger partial charge in [-0.3, -0.25) is 0 Å². The molecule has 0 aliphatic heterocycles. The molecule has 0 unspecified atom stereocenters. The summed E-state index contributed by atoms with van der Waals surface area (Å²) in [6, 6.07) is 6.66. The summed E-state index contributed by atoms with van der Waals surface area (Å²) in [6.45, 7) is 0. The molecule has 0 spiro atoms. The fourth-order valence-corrected chi connectivity index (χ4v) is 3.39. The fraction of sp³-hybridized carbons (Fsp3) is 0.571. The molecule has 80 valence electrons. The van der Waals surface area contributed by atoms with Gasteiger partial charge < -0.3 is 4.74 Å². The van der Waals surface area contributed by atoms with E-state index in [-0.39, 0.29) is 0 Å². The first-order chi connectivity index (χ1) is 7.38. The lowest BCUT2D eigenvalue weighted by molar-refractivity contribution is 0.330. The van der Waals surface area contributed by atoms with E-state index in [0.717, 1.165) is 17.6 Å². The van der Waals surface area contributed by atoms with E-state index < -0.39 is 0 Å². The van der Waals surface area contributed by atoms with Crippen LogP contribution in [0, 0.1) is 5.92 Å². The van der Waals surface area contributed by atoms with Gasteiger partial charge in [0.2, 0.25) is 0 Å². The van der Waals surface area contributed by atoms with Crippen molar-refractivity contribution in [2.24, 2.45) is 5.92 Å². The van der Waals surface area contributed by atoms with Gasteiger partial charge in [-0.15, -0.1) is 0 Å². The number of rotatable bonds is 1. The third kappa shape index (κ3) is 1.45. The zero-order valence-electron chi connectivity index (χ0n) is 9.33. The molecule has 1 nitrogen and oxygen atoms in total. The minimum absolute atomic E-state index is 0.861. The second-order valence-electron chi connectivity index (χ2n) is 4.92. The summed E-state index contributed by atoms with van der Waals surface area (Å²) in [6.07, 6.45) is 6.99. The topological polar surface area (TPSA) is 9.23 Å². The van der Waals surface area contributed by atoms with Crippen LogP contribution in [0.1, 0.15) is 42.7 Å². The zero-order chi connectivity index (χ0) is 10.3. The van der Waals surface area contributed by atoms with Crippen molar-refractivity contribution in [3.8, 4) is 5.75 Å². The predicted molar refractivity (Wildman–Crippen MR) is 61.4 cm³/mol. The van der Waals surface area contributed by atoms with Crippen molar-refractivity contribution >= 4 is 0 Å². The van der Waals surface area contributed by atoms with E-state index in [9.17, 15) is 0 Å². The van der Waals surface area contributed by atoms with Crippen molar-refractivity contribution in [2.45, 2.75) is 38.0 Å². The molecule has 2 aliphatic carbocycles. The molecule has 0 radical (unpaired) electrons. The number of benzene rings is 1. The van der Waals surface area contributed by atoms with E-state index in [4.69, 9.17) is 4.74 Å². The van der Waals surface area contributed by atoms with E-state index in [1.165, 1.54) is 32.1 Å². The predicted octanol–water partition coefficient (Wildman–Crippen LogP) is 3.53. The molecular weight excluding hydrogens is 184 g/mol. The highest BCUT2D eigenvalue weighted by Gasteiger charge is 2.33. The second kappa shape index (κ2) is 3.55. The first-order valence-electron chi connectivity index (χ1n) is 6.05. The minimum Gasteiger partial charge on any atom is -0.497 e. The van der Waals surface area contributed by atoms with Crippen LogP contribution in [-0.4, -0.2) is 7.11 Å². The number of hydrogen-bond acceptors (Lipinski definition) is 1. The monoisotopic (exact) mass is 202 g/mol. The highest BCUT2D eigenvalue weighted by atomic mass is 16.5. The van der Waals surface area contributed by atoms with Crippen LogP contribution in [0.3, 0.4) is 0 Å². The first-order valence-corrected chi connectivity index (χ1v) is 6.05. The average molecular weight is 202 g/mol. The van der Waals surface area contributed by atoms with E-state index in [0.29, 0.717) is 0 Å². The van der Waals surface area contributed by atoms with Gasteiger partial charge in [-0.2, -0.15) is 0 Å². The van der Waals surface area contributed by atoms with Crippen molar-refractivity contribution < 1.29 is 4.74 Å². The molecule has 1 heteroatoms. The fourth-order valence-electron chi connectivity index (χ4n) is 3.39. The van der Waals surface area contributed by atoms with Crippen LogP contribution >= 0.6 is 0 Å². The molecule has 0 saturated heterocycles. The van der Waals surface area contributed by atoms with E-state index in [1.54, 1.807) is 18.2 Å². The van der Waals surface area contributed by atoms with E-state index in [1.807, 2.05) is 0 Å².